The van der Waals surface area contributed by atoms with Crippen LogP contribution in [0.5, 0.6) is 5.75 Å². The number of aromatic nitrogens is 3. The van der Waals surface area contributed by atoms with E-state index in [9.17, 15) is 0 Å². The summed E-state index contributed by atoms with van der Waals surface area (Å²) in [5.41, 5.74) is 5.71. The highest BCUT2D eigenvalue weighted by Gasteiger charge is 2.11. The molecule has 0 aliphatic carbocycles. The maximum absolute atomic E-state index is 6.21. The molecule has 0 bridgehead atoms. The number of halogens is 2. The molecular weight excluding hydrogens is 524 g/mol. The highest BCUT2D eigenvalue weighted by Crippen LogP contribution is 2.26. The summed E-state index contributed by atoms with van der Waals surface area (Å²) in [6.07, 6.45) is 1.65. The van der Waals surface area contributed by atoms with Crippen LogP contribution in [0.3, 0.4) is 0 Å². The molecule has 0 amide bonds. The number of ether oxygens (including phenoxy) is 1. The molecule has 7 nitrogen and oxygen atoms in total. The number of benzene rings is 3. The van der Waals surface area contributed by atoms with E-state index >= 15 is 0 Å². The van der Waals surface area contributed by atoms with E-state index in [0.717, 1.165) is 21.2 Å². The number of rotatable bonds is 9. The Morgan fingerprint density at radius 3 is 2.76 bits per heavy atom. The van der Waals surface area contributed by atoms with E-state index in [1.165, 1.54) is 16.4 Å². The molecule has 168 valence electrons. The molecule has 3 N–H and O–H groups in total. The lowest BCUT2D eigenvalue weighted by Crippen LogP contribution is -2.13. The smallest absolute Gasteiger partial charge is 0.264 e. The largest absolute Gasteiger partial charge is 0.488 e. The maximum atomic E-state index is 6.21. The average Bonchev–Trinajstić information content (AvgIpc) is 3.17. The second-order valence-electron chi connectivity index (χ2n) is 6.88. The first kappa shape index (κ1) is 23.2. The molecule has 3 aromatic carbocycles. The Morgan fingerprint density at radius 1 is 1.09 bits per heavy atom. The van der Waals surface area contributed by atoms with Crippen molar-refractivity contribution >= 4 is 51.5 Å². The number of nitrogens with two attached hydrogens (primary N) is 1. The summed E-state index contributed by atoms with van der Waals surface area (Å²) in [6.45, 7) is 0.445. The first-order valence-electron chi connectivity index (χ1n) is 9.92. The zero-order chi connectivity index (χ0) is 23.0. The fraction of sp³-hybridized carbons (Fsp3) is 0.0870. The summed E-state index contributed by atoms with van der Waals surface area (Å²) in [5.74, 6) is 7.77. The van der Waals surface area contributed by atoms with E-state index in [2.05, 4.69) is 36.7 Å². The molecule has 0 aliphatic heterocycles. The van der Waals surface area contributed by atoms with Gasteiger partial charge < -0.3 is 10.6 Å². The van der Waals surface area contributed by atoms with Crippen molar-refractivity contribution < 1.29 is 4.74 Å². The van der Waals surface area contributed by atoms with Gasteiger partial charge in [-0.3, -0.25) is 0 Å². The Bertz CT molecular complexity index is 1270. The van der Waals surface area contributed by atoms with Gasteiger partial charge in [-0.15, -0.1) is 10.2 Å². The third kappa shape index (κ3) is 6.28. The highest BCUT2D eigenvalue weighted by atomic mass is 79.9. The third-order valence-electron chi connectivity index (χ3n) is 4.55. The summed E-state index contributed by atoms with van der Waals surface area (Å²) in [4.78, 5) is 0. The summed E-state index contributed by atoms with van der Waals surface area (Å²) in [5, 5.41) is 13.7. The molecule has 0 saturated carbocycles. The Hall–Kier alpha value is -3.01. The van der Waals surface area contributed by atoms with Crippen LogP contribution in [0.1, 0.15) is 16.7 Å². The first-order chi connectivity index (χ1) is 16.1. The summed E-state index contributed by atoms with van der Waals surface area (Å²) < 4.78 is 8.35. The maximum Gasteiger partial charge on any atom is 0.264 e. The molecule has 1 aromatic heterocycles. The first-order valence-corrected chi connectivity index (χ1v) is 12.1. The average molecular weight is 544 g/mol. The van der Waals surface area contributed by atoms with Gasteiger partial charge in [-0.2, -0.15) is 5.10 Å². The van der Waals surface area contributed by atoms with Crippen molar-refractivity contribution in [1.29, 1.82) is 0 Å². The predicted molar refractivity (Wildman–Crippen MR) is 137 cm³/mol. The molecule has 33 heavy (non-hydrogen) atoms. The van der Waals surface area contributed by atoms with Crippen LogP contribution in [0.2, 0.25) is 5.02 Å². The number of para-hydroxylation sites is 1. The van der Waals surface area contributed by atoms with Gasteiger partial charge in [0, 0.05) is 20.8 Å². The minimum Gasteiger partial charge on any atom is -0.488 e. The van der Waals surface area contributed by atoms with Crippen molar-refractivity contribution in [2.24, 2.45) is 5.10 Å². The predicted octanol–water partition coefficient (Wildman–Crippen LogP) is 5.73. The molecule has 0 aliphatic rings. The Kier molecular flexibility index (Phi) is 7.87. The lowest BCUT2D eigenvalue weighted by molar-refractivity contribution is 0.305. The van der Waals surface area contributed by atoms with E-state index in [0.29, 0.717) is 34.2 Å². The molecule has 0 spiro atoms. The van der Waals surface area contributed by atoms with E-state index in [1.54, 1.807) is 6.21 Å². The normalized spacial score (nSPS) is 11.1. The van der Waals surface area contributed by atoms with Crippen LogP contribution in [0, 0.1) is 0 Å². The second kappa shape index (κ2) is 11.2. The van der Waals surface area contributed by atoms with Gasteiger partial charge in [0.05, 0.1) is 6.21 Å². The molecule has 0 radical (unpaired) electrons. The molecule has 4 rings (SSSR count). The molecule has 0 unspecified atom stereocenters. The topological polar surface area (TPSA) is 90.3 Å². The van der Waals surface area contributed by atoms with Crippen molar-refractivity contribution in [3.63, 3.8) is 0 Å². The summed E-state index contributed by atoms with van der Waals surface area (Å²) >= 11 is 11.1. The molecule has 1 heterocycles. The number of nitrogens with one attached hydrogen (secondary N) is 1. The zero-order valence-corrected chi connectivity index (χ0v) is 20.5. The number of hydrogen-bond acceptors (Lipinski definition) is 7. The number of hydrazone groups is 1. The van der Waals surface area contributed by atoms with E-state index < -0.39 is 0 Å². The van der Waals surface area contributed by atoms with Crippen LogP contribution in [0.25, 0.3) is 0 Å². The van der Waals surface area contributed by atoms with Crippen molar-refractivity contribution in [2.45, 2.75) is 17.5 Å². The van der Waals surface area contributed by atoms with Crippen LogP contribution >= 0.6 is 39.3 Å². The number of hydrogen-bond donors (Lipinski definition) is 2. The number of anilines is 1. The molecular formula is C23H20BrClN6OS. The quantitative estimate of drug-likeness (QED) is 0.121. The fourth-order valence-electron chi connectivity index (χ4n) is 2.88. The van der Waals surface area contributed by atoms with E-state index in [-0.39, 0.29) is 0 Å². The van der Waals surface area contributed by atoms with Gasteiger partial charge in [-0.25, -0.2) is 10.1 Å². The molecule has 0 saturated heterocycles. The molecule has 0 fully saturated rings. The summed E-state index contributed by atoms with van der Waals surface area (Å²) in [7, 11) is 0. The number of nitrogen functional groups attached to an aromatic ring is 1. The van der Waals surface area contributed by atoms with Crippen molar-refractivity contribution in [2.75, 3.05) is 11.3 Å². The lowest BCUT2D eigenvalue weighted by atomic mass is 10.2. The van der Waals surface area contributed by atoms with Gasteiger partial charge >= 0.3 is 0 Å². The van der Waals surface area contributed by atoms with Gasteiger partial charge in [0.25, 0.3) is 5.95 Å². The highest BCUT2D eigenvalue weighted by molar-refractivity contribution is 9.10. The lowest BCUT2D eigenvalue weighted by Gasteiger charge is -2.09. The summed E-state index contributed by atoms with van der Waals surface area (Å²) in [6, 6.07) is 23.3. The monoisotopic (exact) mass is 542 g/mol. The van der Waals surface area contributed by atoms with Gasteiger partial charge in [0.2, 0.25) is 5.16 Å². The van der Waals surface area contributed by atoms with Crippen LogP contribution < -0.4 is 16.0 Å². The number of thioether (sulfide) groups is 1. The SMILES string of the molecule is Nn1c(N/N=C/c2ccccc2OCc2cccc(Br)c2)nnc1SCc1ccccc1Cl. The Labute approximate surface area is 209 Å². The van der Waals surface area contributed by atoms with E-state index in [1.807, 2.05) is 72.8 Å². The van der Waals surface area contributed by atoms with Crippen LogP contribution in [0.4, 0.5) is 5.95 Å². The van der Waals surface area contributed by atoms with Crippen molar-refractivity contribution in [1.82, 2.24) is 14.9 Å². The molecule has 10 heteroatoms. The Morgan fingerprint density at radius 2 is 1.91 bits per heavy atom. The van der Waals surface area contributed by atoms with Crippen molar-refractivity contribution in [3.8, 4) is 5.75 Å². The van der Waals surface area contributed by atoms with Gasteiger partial charge in [0.15, 0.2) is 0 Å². The molecule has 4 aromatic rings. The standard InChI is InChI=1S/C23H20BrClN6OS/c24-19-9-5-6-16(12-19)14-32-21-11-4-2-7-17(21)13-27-28-22-29-30-23(31(22)26)33-15-18-8-1-3-10-20(18)25/h1-13H,14-15,26H2,(H,28,29)/b27-13+. The van der Waals surface area contributed by atoms with Crippen LogP contribution in [-0.2, 0) is 12.4 Å². The minimum absolute atomic E-state index is 0.320. The van der Waals surface area contributed by atoms with E-state index in [4.69, 9.17) is 22.2 Å². The van der Waals surface area contributed by atoms with Crippen molar-refractivity contribution in [3.05, 3.63) is 99.0 Å². The van der Waals surface area contributed by atoms with Gasteiger partial charge in [-0.1, -0.05) is 81.8 Å². The Balaban J connectivity index is 1.37. The van der Waals surface area contributed by atoms with Crippen LogP contribution in [0.15, 0.2) is 87.5 Å². The second-order valence-corrected chi connectivity index (χ2v) is 9.15. The van der Waals surface area contributed by atoms with Gasteiger partial charge in [0.1, 0.15) is 12.4 Å². The number of nitrogens with zero attached hydrogens (tertiary/aromatic N) is 4. The molecule has 0 atom stereocenters. The zero-order valence-electron chi connectivity index (χ0n) is 17.4. The third-order valence-corrected chi connectivity index (χ3v) is 6.40. The van der Waals surface area contributed by atoms with Crippen LogP contribution in [-0.4, -0.2) is 21.1 Å². The minimum atomic E-state index is 0.320. The fourth-order valence-corrected chi connectivity index (χ4v) is 4.46. The van der Waals surface area contributed by atoms with Gasteiger partial charge in [-0.05, 0) is 41.5 Å².